The van der Waals surface area contributed by atoms with Gasteiger partial charge in [0.05, 0.1) is 11.2 Å². The smallest absolute Gasteiger partial charge is 0.231 e. The summed E-state index contributed by atoms with van der Waals surface area (Å²) in [5, 5.41) is 9.25. The Hall–Kier alpha value is -0.200. The number of hydrogen-bond acceptors (Lipinski definition) is 6. The maximum absolute atomic E-state index is 5.50. The predicted molar refractivity (Wildman–Crippen MR) is 87.6 cm³/mol. The van der Waals surface area contributed by atoms with Crippen molar-refractivity contribution in [1.82, 2.24) is 15.5 Å². The van der Waals surface area contributed by atoms with Gasteiger partial charge in [0.15, 0.2) is 5.82 Å². The predicted octanol–water partition coefficient (Wildman–Crippen LogP) is 3.47. The lowest BCUT2D eigenvalue weighted by Gasteiger charge is -2.29. The average Bonchev–Trinajstić information content (AvgIpc) is 2.93. The van der Waals surface area contributed by atoms with Gasteiger partial charge in [-0.05, 0) is 13.5 Å². The summed E-state index contributed by atoms with van der Waals surface area (Å²) in [6, 6.07) is 0.385. The quantitative estimate of drug-likeness (QED) is 0.898. The Morgan fingerprint density at radius 2 is 2.15 bits per heavy atom. The van der Waals surface area contributed by atoms with Crippen LogP contribution in [0.1, 0.15) is 57.0 Å². The highest BCUT2D eigenvalue weighted by Crippen LogP contribution is 2.43. The zero-order valence-electron chi connectivity index (χ0n) is 12.9. The zero-order valence-corrected chi connectivity index (χ0v) is 14.6. The van der Waals surface area contributed by atoms with Crippen LogP contribution in [0, 0.1) is 0 Å². The highest BCUT2D eigenvalue weighted by molar-refractivity contribution is 8.07. The molecule has 1 aliphatic rings. The van der Waals surface area contributed by atoms with Gasteiger partial charge in [-0.15, -0.1) is 11.8 Å². The largest absolute Gasteiger partial charge is 0.339 e. The summed E-state index contributed by atoms with van der Waals surface area (Å²) in [5.74, 6) is 2.96. The number of rotatable bonds is 5. The second-order valence-electron chi connectivity index (χ2n) is 5.45. The highest BCUT2D eigenvalue weighted by atomic mass is 32.2. The number of thioether (sulfide) groups is 2. The van der Waals surface area contributed by atoms with Crippen molar-refractivity contribution in [1.29, 1.82) is 0 Å². The van der Waals surface area contributed by atoms with Crippen molar-refractivity contribution in [3.8, 4) is 0 Å². The van der Waals surface area contributed by atoms with Gasteiger partial charge in [-0.25, -0.2) is 0 Å². The molecule has 1 fully saturated rings. The number of hydrogen-bond donors (Lipinski definition) is 1. The molecule has 4 nitrogen and oxygen atoms in total. The lowest BCUT2D eigenvalue weighted by atomic mass is 10.00. The van der Waals surface area contributed by atoms with E-state index in [0.29, 0.717) is 21.8 Å². The van der Waals surface area contributed by atoms with E-state index in [9.17, 15) is 0 Å². The van der Waals surface area contributed by atoms with Crippen molar-refractivity contribution < 1.29 is 4.52 Å². The van der Waals surface area contributed by atoms with Gasteiger partial charge in [0, 0.05) is 22.3 Å². The van der Waals surface area contributed by atoms with Crippen molar-refractivity contribution in [2.75, 3.05) is 12.8 Å². The summed E-state index contributed by atoms with van der Waals surface area (Å²) < 4.78 is 5.50. The topological polar surface area (TPSA) is 51.0 Å². The van der Waals surface area contributed by atoms with Crippen LogP contribution in [0.15, 0.2) is 4.52 Å². The van der Waals surface area contributed by atoms with Crippen molar-refractivity contribution in [3.05, 3.63) is 11.7 Å². The molecular formula is C14H25N3OS2. The lowest BCUT2D eigenvalue weighted by molar-refractivity contribution is 0.324. The summed E-state index contributed by atoms with van der Waals surface area (Å²) in [4.78, 5) is 4.66. The third kappa shape index (κ3) is 3.52. The molecule has 1 saturated heterocycles. The van der Waals surface area contributed by atoms with E-state index in [0.717, 1.165) is 23.9 Å². The first-order valence-electron chi connectivity index (χ1n) is 7.34. The van der Waals surface area contributed by atoms with Crippen molar-refractivity contribution in [2.45, 2.75) is 61.8 Å². The van der Waals surface area contributed by atoms with Crippen molar-refractivity contribution in [3.63, 3.8) is 0 Å². The fourth-order valence-electron chi connectivity index (χ4n) is 2.46. The van der Waals surface area contributed by atoms with E-state index < -0.39 is 0 Å². The number of nitrogens with one attached hydrogen (secondary N) is 1. The molecule has 0 aliphatic carbocycles. The van der Waals surface area contributed by atoms with Gasteiger partial charge in [-0.2, -0.15) is 16.7 Å². The van der Waals surface area contributed by atoms with Gasteiger partial charge in [0.1, 0.15) is 0 Å². The van der Waals surface area contributed by atoms with E-state index in [2.05, 4.69) is 43.2 Å². The summed E-state index contributed by atoms with van der Waals surface area (Å²) >= 11 is 3.98. The lowest BCUT2D eigenvalue weighted by Crippen LogP contribution is -2.30. The third-order valence-electron chi connectivity index (χ3n) is 4.10. The van der Waals surface area contributed by atoms with Crippen LogP contribution in [0.5, 0.6) is 0 Å². The Bertz CT molecular complexity index is 422. The standard InChI is InChI=1S/C14H25N3OS2/c1-6-11(15-5)8(2)14-16-13(17-18-14)12-7-19-9(3)10(4)20-12/h8-12,15H,6-7H2,1-5H3. The van der Waals surface area contributed by atoms with Crippen LogP contribution in [-0.4, -0.2) is 39.5 Å². The van der Waals surface area contributed by atoms with Gasteiger partial charge >= 0.3 is 0 Å². The Labute approximate surface area is 130 Å². The first-order valence-corrected chi connectivity index (χ1v) is 9.33. The van der Waals surface area contributed by atoms with Crippen molar-refractivity contribution >= 4 is 23.5 Å². The minimum Gasteiger partial charge on any atom is -0.339 e. The van der Waals surface area contributed by atoms with Crippen LogP contribution in [-0.2, 0) is 0 Å². The SMILES string of the molecule is CCC(NC)C(C)c1nc(C2CSC(C)C(C)S2)no1. The van der Waals surface area contributed by atoms with E-state index >= 15 is 0 Å². The van der Waals surface area contributed by atoms with Gasteiger partial charge in [-0.3, -0.25) is 0 Å². The first kappa shape index (κ1) is 16.2. The molecule has 0 aromatic carbocycles. The van der Waals surface area contributed by atoms with E-state index in [-0.39, 0.29) is 5.92 Å². The van der Waals surface area contributed by atoms with E-state index in [1.165, 1.54) is 0 Å². The fraction of sp³-hybridized carbons (Fsp3) is 0.857. The fourth-order valence-corrected chi connectivity index (χ4v) is 5.30. The summed E-state index contributed by atoms with van der Waals surface area (Å²) in [7, 11) is 1.98. The highest BCUT2D eigenvalue weighted by Gasteiger charge is 2.31. The monoisotopic (exact) mass is 315 g/mol. The normalized spacial score (nSPS) is 30.1. The van der Waals surface area contributed by atoms with E-state index in [1.807, 2.05) is 30.6 Å². The molecule has 6 heteroatoms. The molecule has 114 valence electrons. The minimum atomic E-state index is 0.254. The molecular weight excluding hydrogens is 290 g/mol. The molecule has 2 rings (SSSR count). The van der Waals surface area contributed by atoms with Crippen LogP contribution in [0.2, 0.25) is 0 Å². The molecule has 0 saturated carbocycles. The Kier molecular flexibility index (Phi) is 5.81. The van der Waals surface area contributed by atoms with Crippen LogP contribution in [0.25, 0.3) is 0 Å². The maximum atomic E-state index is 5.50. The zero-order chi connectivity index (χ0) is 14.7. The minimum absolute atomic E-state index is 0.254. The van der Waals surface area contributed by atoms with Crippen LogP contribution < -0.4 is 5.32 Å². The maximum Gasteiger partial charge on any atom is 0.231 e. The molecule has 2 heterocycles. The summed E-state index contributed by atoms with van der Waals surface area (Å²) in [5.41, 5.74) is 0. The number of aromatic nitrogens is 2. The summed E-state index contributed by atoms with van der Waals surface area (Å²) in [6.07, 6.45) is 1.05. The van der Waals surface area contributed by atoms with Gasteiger partial charge in [-0.1, -0.05) is 32.9 Å². The molecule has 20 heavy (non-hydrogen) atoms. The molecule has 0 spiro atoms. The first-order chi connectivity index (χ1) is 9.56. The Morgan fingerprint density at radius 1 is 1.40 bits per heavy atom. The van der Waals surface area contributed by atoms with Gasteiger partial charge in [0.2, 0.25) is 5.89 Å². The number of likely N-dealkylation sites (N-methyl/N-ethyl adjacent to an activating group) is 1. The molecule has 1 aliphatic heterocycles. The van der Waals surface area contributed by atoms with Gasteiger partial charge in [0.25, 0.3) is 0 Å². The second kappa shape index (κ2) is 7.18. The second-order valence-corrected chi connectivity index (χ2v) is 8.45. The van der Waals surface area contributed by atoms with Gasteiger partial charge < -0.3 is 9.84 Å². The third-order valence-corrected chi connectivity index (χ3v) is 7.49. The van der Waals surface area contributed by atoms with Crippen LogP contribution in [0.4, 0.5) is 0 Å². The Balaban J connectivity index is 2.05. The molecule has 0 bridgehead atoms. The van der Waals surface area contributed by atoms with E-state index in [4.69, 9.17) is 4.52 Å². The molecule has 0 amide bonds. The molecule has 1 aromatic heterocycles. The van der Waals surface area contributed by atoms with Crippen molar-refractivity contribution in [2.24, 2.45) is 0 Å². The number of nitrogens with zero attached hydrogens (tertiary/aromatic N) is 2. The molecule has 5 atom stereocenters. The van der Waals surface area contributed by atoms with Crippen LogP contribution in [0.3, 0.4) is 0 Å². The molecule has 1 aromatic rings. The van der Waals surface area contributed by atoms with E-state index in [1.54, 1.807) is 0 Å². The molecule has 5 unspecified atom stereocenters. The molecule has 1 N–H and O–H groups in total. The average molecular weight is 316 g/mol. The summed E-state index contributed by atoms with van der Waals surface area (Å²) in [6.45, 7) is 8.90. The molecule has 0 radical (unpaired) electrons. The van der Waals surface area contributed by atoms with Crippen LogP contribution >= 0.6 is 23.5 Å². The Morgan fingerprint density at radius 3 is 2.75 bits per heavy atom.